The molecular weight excluding hydrogens is 300 g/mol. The number of fused-ring (bicyclic) bond motifs is 1. The van der Waals surface area contributed by atoms with E-state index in [4.69, 9.17) is 0 Å². The van der Waals surface area contributed by atoms with Gasteiger partial charge in [-0.2, -0.15) is 0 Å². The summed E-state index contributed by atoms with van der Waals surface area (Å²) in [6, 6.07) is 0. The van der Waals surface area contributed by atoms with E-state index in [-0.39, 0.29) is 5.91 Å². The number of nitrogens with zero attached hydrogens (tertiary/aromatic N) is 1. The number of carbonyl (C=O) groups is 2. The first-order valence-corrected chi connectivity index (χ1v) is 8.88. The van der Waals surface area contributed by atoms with E-state index in [1.54, 1.807) is 11.3 Å². The number of aryl methyl sites for hydroxylation is 1. The van der Waals surface area contributed by atoms with E-state index in [9.17, 15) is 14.7 Å². The Morgan fingerprint density at radius 1 is 1.23 bits per heavy atom. The highest BCUT2D eigenvalue weighted by Gasteiger charge is 2.36. The average molecular weight is 322 g/mol. The van der Waals surface area contributed by atoms with Crippen LogP contribution in [0.1, 0.15) is 49.6 Å². The van der Waals surface area contributed by atoms with E-state index >= 15 is 0 Å². The lowest BCUT2D eigenvalue weighted by Gasteiger charge is -2.26. The van der Waals surface area contributed by atoms with E-state index < -0.39 is 17.8 Å². The molecule has 3 rings (SSSR count). The Balaban J connectivity index is 1.70. The molecular formula is C16H22N2O3S. The summed E-state index contributed by atoms with van der Waals surface area (Å²) in [5.74, 6) is -1.33. The molecule has 1 heterocycles. The second kappa shape index (κ2) is 6.36. The molecule has 120 valence electrons. The van der Waals surface area contributed by atoms with E-state index in [0.29, 0.717) is 23.9 Å². The fraction of sp³-hybridized carbons (Fsp3) is 0.688. The van der Waals surface area contributed by atoms with Crippen molar-refractivity contribution in [3.63, 3.8) is 0 Å². The molecule has 1 saturated carbocycles. The predicted molar refractivity (Wildman–Crippen MR) is 85.0 cm³/mol. The summed E-state index contributed by atoms with van der Waals surface area (Å²) in [4.78, 5) is 29.6. The third-order valence-corrected chi connectivity index (χ3v) is 5.87. The standard InChI is InChI=1S/C16H22N2O3S/c1-9-6-7-12-13(8-9)22-16(17-12)18-14(19)10-4-2-3-5-11(10)15(20)21/h9-11H,2-8H2,1H3,(H,20,21)(H,17,18,19)/t9-,10-,11-/m1/s1. The fourth-order valence-corrected chi connectivity index (χ4v) is 4.71. The lowest BCUT2D eigenvalue weighted by atomic mass is 9.79. The van der Waals surface area contributed by atoms with Crippen molar-refractivity contribution in [2.24, 2.45) is 17.8 Å². The molecule has 0 spiro atoms. The Kier molecular flexibility index (Phi) is 4.47. The highest BCUT2D eigenvalue weighted by molar-refractivity contribution is 7.15. The van der Waals surface area contributed by atoms with Crippen molar-refractivity contribution in [3.8, 4) is 0 Å². The Morgan fingerprint density at radius 2 is 1.95 bits per heavy atom. The first-order chi connectivity index (χ1) is 10.5. The maximum Gasteiger partial charge on any atom is 0.307 e. The molecule has 2 N–H and O–H groups in total. The summed E-state index contributed by atoms with van der Waals surface area (Å²) in [7, 11) is 0. The molecule has 1 fully saturated rings. The first kappa shape index (κ1) is 15.5. The minimum atomic E-state index is -0.855. The highest BCUT2D eigenvalue weighted by Crippen LogP contribution is 2.34. The Morgan fingerprint density at radius 3 is 2.68 bits per heavy atom. The second-order valence-corrected chi connectivity index (χ2v) is 7.65. The van der Waals surface area contributed by atoms with E-state index in [2.05, 4.69) is 17.2 Å². The molecule has 3 atom stereocenters. The maximum atomic E-state index is 12.5. The van der Waals surface area contributed by atoms with Crippen molar-refractivity contribution in [3.05, 3.63) is 10.6 Å². The number of aromatic nitrogens is 1. The number of rotatable bonds is 3. The first-order valence-electron chi connectivity index (χ1n) is 8.07. The number of amides is 1. The molecule has 0 saturated heterocycles. The van der Waals surface area contributed by atoms with Gasteiger partial charge >= 0.3 is 5.97 Å². The molecule has 0 aliphatic heterocycles. The van der Waals surface area contributed by atoms with Crippen LogP contribution in [-0.4, -0.2) is 22.0 Å². The molecule has 0 bridgehead atoms. The number of thiazole rings is 1. The van der Waals surface area contributed by atoms with Gasteiger partial charge in [0, 0.05) is 4.88 Å². The van der Waals surface area contributed by atoms with Gasteiger partial charge in [-0.1, -0.05) is 19.8 Å². The Hall–Kier alpha value is -1.43. The van der Waals surface area contributed by atoms with Crippen LogP contribution in [0.15, 0.2) is 0 Å². The van der Waals surface area contributed by atoms with Gasteiger partial charge < -0.3 is 10.4 Å². The lowest BCUT2D eigenvalue weighted by molar-refractivity contribution is -0.147. The lowest BCUT2D eigenvalue weighted by Crippen LogP contribution is -2.36. The van der Waals surface area contributed by atoms with Gasteiger partial charge in [0.1, 0.15) is 0 Å². The number of hydrogen-bond donors (Lipinski definition) is 2. The van der Waals surface area contributed by atoms with Crippen molar-refractivity contribution in [1.29, 1.82) is 0 Å². The molecule has 1 aromatic rings. The van der Waals surface area contributed by atoms with Crippen molar-refractivity contribution in [1.82, 2.24) is 4.98 Å². The van der Waals surface area contributed by atoms with Crippen molar-refractivity contribution < 1.29 is 14.7 Å². The highest BCUT2D eigenvalue weighted by atomic mass is 32.1. The number of hydrogen-bond acceptors (Lipinski definition) is 4. The molecule has 2 aliphatic carbocycles. The number of carboxylic acid groups (broad SMARTS) is 1. The third-order valence-electron chi connectivity index (χ3n) is 4.84. The second-order valence-electron chi connectivity index (χ2n) is 6.56. The van der Waals surface area contributed by atoms with Gasteiger partial charge in [-0.3, -0.25) is 9.59 Å². The molecule has 1 aromatic heterocycles. The molecule has 0 aromatic carbocycles. The van der Waals surface area contributed by atoms with Gasteiger partial charge in [0.15, 0.2) is 5.13 Å². The maximum absolute atomic E-state index is 12.5. The minimum Gasteiger partial charge on any atom is -0.481 e. The van der Waals surface area contributed by atoms with Crippen LogP contribution in [-0.2, 0) is 22.4 Å². The van der Waals surface area contributed by atoms with Crippen molar-refractivity contribution in [2.45, 2.75) is 51.9 Å². The topological polar surface area (TPSA) is 79.3 Å². The smallest absolute Gasteiger partial charge is 0.307 e. The number of carbonyl (C=O) groups excluding carboxylic acids is 1. The molecule has 0 radical (unpaired) electrons. The predicted octanol–water partition coefficient (Wildman–Crippen LogP) is 3.10. The number of aliphatic carboxylic acids is 1. The summed E-state index contributed by atoms with van der Waals surface area (Å²) in [5.41, 5.74) is 1.11. The van der Waals surface area contributed by atoms with Crippen LogP contribution in [0.2, 0.25) is 0 Å². The summed E-state index contributed by atoms with van der Waals surface area (Å²) in [6.07, 6.45) is 6.23. The zero-order valence-corrected chi connectivity index (χ0v) is 13.6. The van der Waals surface area contributed by atoms with Crippen LogP contribution in [0.25, 0.3) is 0 Å². The van der Waals surface area contributed by atoms with Crippen molar-refractivity contribution >= 4 is 28.3 Å². The van der Waals surface area contributed by atoms with E-state index in [1.165, 1.54) is 4.88 Å². The zero-order valence-electron chi connectivity index (χ0n) is 12.8. The summed E-state index contributed by atoms with van der Waals surface area (Å²) in [5, 5.41) is 12.8. The molecule has 6 heteroatoms. The molecule has 22 heavy (non-hydrogen) atoms. The summed E-state index contributed by atoms with van der Waals surface area (Å²) in [6.45, 7) is 2.24. The Bertz CT molecular complexity index is 584. The normalized spacial score (nSPS) is 28.0. The largest absolute Gasteiger partial charge is 0.481 e. The summed E-state index contributed by atoms with van der Waals surface area (Å²) < 4.78 is 0. The van der Waals surface area contributed by atoms with Crippen LogP contribution in [0.3, 0.4) is 0 Å². The van der Waals surface area contributed by atoms with Gasteiger partial charge in [-0.25, -0.2) is 4.98 Å². The van der Waals surface area contributed by atoms with Gasteiger partial charge in [-0.05, 0) is 38.0 Å². The van der Waals surface area contributed by atoms with Crippen molar-refractivity contribution in [2.75, 3.05) is 5.32 Å². The minimum absolute atomic E-state index is 0.175. The summed E-state index contributed by atoms with van der Waals surface area (Å²) >= 11 is 1.55. The van der Waals surface area contributed by atoms with Gasteiger partial charge in [0.2, 0.25) is 5.91 Å². The average Bonchev–Trinajstić information content (AvgIpc) is 2.88. The van der Waals surface area contributed by atoms with Crippen LogP contribution >= 0.6 is 11.3 Å². The molecule has 5 nitrogen and oxygen atoms in total. The van der Waals surface area contributed by atoms with E-state index in [0.717, 1.165) is 37.8 Å². The number of anilines is 1. The number of nitrogens with one attached hydrogen (secondary N) is 1. The zero-order chi connectivity index (χ0) is 15.7. The Labute approximate surface area is 134 Å². The van der Waals surface area contributed by atoms with Crippen LogP contribution in [0.4, 0.5) is 5.13 Å². The van der Waals surface area contributed by atoms with E-state index in [1.807, 2.05) is 0 Å². The quantitative estimate of drug-likeness (QED) is 0.896. The van der Waals surface area contributed by atoms with Gasteiger partial charge in [0.25, 0.3) is 0 Å². The molecule has 2 aliphatic rings. The molecule has 1 amide bonds. The SMILES string of the molecule is C[C@@H]1CCc2nc(NC(=O)[C@@H]3CCCC[C@H]3C(=O)O)sc2C1. The van der Waals surface area contributed by atoms with Crippen LogP contribution < -0.4 is 5.32 Å². The third kappa shape index (κ3) is 3.16. The van der Waals surface area contributed by atoms with Gasteiger partial charge in [-0.15, -0.1) is 11.3 Å². The van der Waals surface area contributed by atoms with Crippen LogP contribution in [0, 0.1) is 17.8 Å². The number of carboxylic acids is 1. The molecule has 0 unspecified atom stereocenters. The monoisotopic (exact) mass is 322 g/mol. The van der Waals surface area contributed by atoms with Crippen LogP contribution in [0.5, 0.6) is 0 Å². The fourth-order valence-electron chi connectivity index (χ4n) is 3.53. The van der Waals surface area contributed by atoms with Gasteiger partial charge in [0.05, 0.1) is 17.5 Å².